The number of nitrogens with one attached hydrogen (secondary N) is 3. The van der Waals surface area contributed by atoms with Crippen LogP contribution >= 0.6 is 0 Å². The molecule has 3 rings (SSSR count). The molecule has 0 spiro atoms. The first-order valence-corrected chi connectivity index (χ1v) is 6.41. The second kappa shape index (κ2) is 4.95. The molecule has 114 valence electrons. The van der Waals surface area contributed by atoms with Crippen molar-refractivity contribution >= 4 is 22.8 Å². The van der Waals surface area contributed by atoms with Crippen LogP contribution in [-0.2, 0) is 0 Å². The zero-order chi connectivity index (χ0) is 15.9. The van der Waals surface area contributed by atoms with Crippen LogP contribution in [0.1, 0.15) is 10.4 Å². The number of phenols is 2. The molecule has 1 aliphatic heterocycles. The summed E-state index contributed by atoms with van der Waals surface area (Å²) in [5, 5.41) is 22.5. The van der Waals surface area contributed by atoms with Gasteiger partial charge in [0.2, 0.25) is 5.43 Å². The summed E-state index contributed by atoms with van der Waals surface area (Å²) in [4.78, 5) is 38.5. The highest BCUT2D eigenvalue weighted by atomic mass is 16.3. The zero-order valence-corrected chi connectivity index (χ0v) is 11.2. The maximum atomic E-state index is 12.3. The molecule has 0 unspecified atom stereocenters. The average molecular weight is 304 g/mol. The lowest BCUT2D eigenvalue weighted by molar-refractivity contribution is 0.0851. The van der Waals surface area contributed by atoms with E-state index in [9.17, 15) is 24.6 Å². The zero-order valence-electron chi connectivity index (χ0n) is 11.2. The van der Waals surface area contributed by atoms with E-state index in [1.54, 1.807) is 0 Å². The van der Waals surface area contributed by atoms with Crippen LogP contribution in [0.3, 0.4) is 0 Å². The number of phenolic OH excluding ortho intramolecular Hbond substituents is 2. The molecule has 2 heterocycles. The van der Waals surface area contributed by atoms with Gasteiger partial charge in [0.25, 0.3) is 5.91 Å². The fourth-order valence-electron chi connectivity index (χ4n) is 2.17. The van der Waals surface area contributed by atoms with Crippen LogP contribution in [-0.4, -0.2) is 45.2 Å². The first kappa shape index (κ1) is 13.7. The smallest absolute Gasteiger partial charge is 0.336 e. The normalized spacial score (nSPS) is 14.2. The number of hydrogen-bond donors (Lipinski definition) is 5. The van der Waals surface area contributed by atoms with Crippen molar-refractivity contribution in [1.82, 2.24) is 20.7 Å². The Kier molecular flexibility index (Phi) is 3.09. The number of carbonyl (C=O) groups is 2. The fourth-order valence-corrected chi connectivity index (χ4v) is 2.17. The molecule has 1 aromatic heterocycles. The number of rotatable bonds is 2. The summed E-state index contributed by atoms with van der Waals surface area (Å²) in [6, 6.07) is 1.80. The first-order valence-electron chi connectivity index (χ1n) is 6.41. The number of hydrazine groups is 1. The van der Waals surface area contributed by atoms with Gasteiger partial charge in [-0.05, 0) is 6.07 Å². The van der Waals surface area contributed by atoms with Crippen LogP contribution < -0.4 is 16.2 Å². The summed E-state index contributed by atoms with van der Waals surface area (Å²) >= 11 is 0. The molecule has 1 aliphatic rings. The predicted octanol–water partition coefficient (Wildman–Crippen LogP) is -0.391. The molecule has 0 atom stereocenters. The van der Waals surface area contributed by atoms with Crippen molar-refractivity contribution in [3.63, 3.8) is 0 Å². The molecule has 0 aliphatic carbocycles. The number of carbonyl (C=O) groups excluding carboxylic acids is 2. The van der Waals surface area contributed by atoms with E-state index in [0.717, 1.165) is 11.1 Å². The Hall–Kier alpha value is -3.23. The molecule has 22 heavy (non-hydrogen) atoms. The van der Waals surface area contributed by atoms with E-state index < -0.39 is 23.1 Å². The van der Waals surface area contributed by atoms with Gasteiger partial charge >= 0.3 is 6.03 Å². The van der Waals surface area contributed by atoms with Gasteiger partial charge < -0.3 is 20.5 Å². The summed E-state index contributed by atoms with van der Waals surface area (Å²) in [6.07, 6.45) is 1.18. The van der Waals surface area contributed by atoms with Crippen molar-refractivity contribution in [1.29, 1.82) is 0 Å². The van der Waals surface area contributed by atoms with Crippen molar-refractivity contribution in [3.05, 3.63) is 34.1 Å². The number of amides is 3. The lowest BCUT2D eigenvalue weighted by Gasteiger charge is -2.15. The molecule has 0 radical (unpaired) electrons. The van der Waals surface area contributed by atoms with Crippen molar-refractivity contribution in [2.75, 3.05) is 13.1 Å². The van der Waals surface area contributed by atoms with E-state index >= 15 is 0 Å². The standard InChI is InChI=1S/C13H12N4O5/c18-9-3-6-8(4-10(9)19)15-5-7(11(6)20)12(21)16-17-2-1-14-13(17)22/h3-5,18-19H,1-2H2,(H,14,22)(H,15,20)(H,16,21). The SMILES string of the molecule is O=C(NN1CCNC1=O)c1c[nH]c2cc(O)c(O)cc2c1=O. The third kappa shape index (κ3) is 2.18. The molecule has 3 amide bonds. The van der Waals surface area contributed by atoms with Crippen LogP contribution in [0.2, 0.25) is 0 Å². The fraction of sp³-hybridized carbons (Fsp3) is 0.154. The molecule has 1 fully saturated rings. The van der Waals surface area contributed by atoms with Crippen molar-refractivity contribution < 1.29 is 19.8 Å². The molecule has 0 saturated carbocycles. The predicted molar refractivity (Wildman–Crippen MR) is 75.5 cm³/mol. The van der Waals surface area contributed by atoms with E-state index in [1.807, 2.05) is 0 Å². The van der Waals surface area contributed by atoms with E-state index in [0.29, 0.717) is 13.1 Å². The van der Waals surface area contributed by atoms with Gasteiger partial charge in [0.15, 0.2) is 11.5 Å². The molecule has 9 nitrogen and oxygen atoms in total. The van der Waals surface area contributed by atoms with Gasteiger partial charge in [-0.3, -0.25) is 15.0 Å². The number of aromatic nitrogens is 1. The molecule has 1 saturated heterocycles. The number of benzene rings is 1. The van der Waals surface area contributed by atoms with Gasteiger partial charge in [-0.25, -0.2) is 9.80 Å². The minimum Gasteiger partial charge on any atom is -0.504 e. The second-order valence-corrected chi connectivity index (χ2v) is 4.74. The summed E-state index contributed by atoms with van der Waals surface area (Å²) in [5.74, 6) is -1.59. The van der Waals surface area contributed by atoms with Crippen LogP contribution in [0.15, 0.2) is 23.1 Å². The Morgan fingerprint density at radius 3 is 2.64 bits per heavy atom. The molecule has 2 aromatic rings. The van der Waals surface area contributed by atoms with E-state index in [4.69, 9.17) is 0 Å². The molecular weight excluding hydrogens is 292 g/mol. The molecule has 0 bridgehead atoms. The van der Waals surface area contributed by atoms with Crippen molar-refractivity contribution in [3.8, 4) is 11.5 Å². The largest absolute Gasteiger partial charge is 0.504 e. The lowest BCUT2D eigenvalue weighted by atomic mass is 10.1. The number of aromatic amines is 1. The molecule has 9 heteroatoms. The van der Waals surface area contributed by atoms with Gasteiger partial charge in [0.1, 0.15) is 5.56 Å². The lowest BCUT2D eigenvalue weighted by Crippen LogP contribution is -2.45. The third-order valence-corrected chi connectivity index (χ3v) is 3.31. The number of nitrogens with zero attached hydrogens (tertiary/aromatic N) is 1. The second-order valence-electron chi connectivity index (χ2n) is 4.74. The molecular formula is C13H12N4O5. The highest BCUT2D eigenvalue weighted by molar-refractivity contribution is 5.98. The van der Waals surface area contributed by atoms with Crippen LogP contribution in [0.5, 0.6) is 11.5 Å². The summed E-state index contributed by atoms with van der Waals surface area (Å²) in [5.41, 5.74) is 1.77. The minimum atomic E-state index is -0.743. The Morgan fingerprint density at radius 1 is 1.23 bits per heavy atom. The number of hydrogen-bond acceptors (Lipinski definition) is 5. The van der Waals surface area contributed by atoms with Crippen molar-refractivity contribution in [2.24, 2.45) is 0 Å². The Bertz CT molecular complexity index is 844. The average Bonchev–Trinajstić information content (AvgIpc) is 2.87. The summed E-state index contributed by atoms with van der Waals surface area (Å²) < 4.78 is 0. The van der Waals surface area contributed by atoms with Gasteiger partial charge in [-0.1, -0.05) is 0 Å². The number of urea groups is 1. The molecule has 1 aromatic carbocycles. The topological polar surface area (TPSA) is 135 Å². The van der Waals surface area contributed by atoms with E-state index in [-0.39, 0.29) is 22.2 Å². The molecule has 5 N–H and O–H groups in total. The Labute approximate surface area is 123 Å². The number of fused-ring (bicyclic) bond motifs is 1. The number of aromatic hydroxyl groups is 2. The van der Waals surface area contributed by atoms with Gasteiger partial charge in [-0.15, -0.1) is 0 Å². The van der Waals surface area contributed by atoms with Crippen molar-refractivity contribution in [2.45, 2.75) is 0 Å². The monoisotopic (exact) mass is 304 g/mol. The van der Waals surface area contributed by atoms with Gasteiger partial charge in [-0.2, -0.15) is 0 Å². The van der Waals surface area contributed by atoms with Crippen LogP contribution in [0.25, 0.3) is 10.9 Å². The third-order valence-electron chi connectivity index (χ3n) is 3.31. The van der Waals surface area contributed by atoms with Crippen LogP contribution in [0, 0.1) is 0 Å². The maximum Gasteiger partial charge on any atom is 0.336 e. The van der Waals surface area contributed by atoms with E-state index in [1.165, 1.54) is 12.3 Å². The number of pyridine rings is 1. The summed E-state index contributed by atoms with van der Waals surface area (Å²) in [7, 11) is 0. The maximum absolute atomic E-state index is 12.3. The van der Waals surface area contributed by atoms with Crippen LogP contribution in [0.4, 0.5) is 4.79 Å². The highest BCUT2D eigenvalue weighted by Gasteiger charge is 2.23. The quantitative estimate of drug-likeness (QED) is 0.482. The summed E-state index contributed by atoms with van der Waals surface area (Å²) in [6.45, 7) is 0.699. The minimum absolute atomic E-state index is 0.0498. The number of H-pyrrole nitrogens is 1. The first-order chi connectivity index (χ1) is 10.5. The Morgan fingerprint density at radius 2 is 1.95 bits per heavy atom. The van der Waals surface area contributed by atoms with Gasteiger partial charge in [0.05, 0.1) is 17.4 Å². The highest BCUT2D eigenvalue weighted by Crippen LogP contribution is 2.27. The Balaban J connectivity index is 1.99. The van der Waals surface area contributed by atoms with Gasteiger partial charge in [0, 0.05) is 18.8 Å². The van der Waals surface area contributed by atoms with E-state index in [2.05, 4.69) is 15.7 Å².